The van der Waals surface area contributed by atoms with Gasteiger partial charge in [-0.05, 0) is 32.4 Å². The van der Waals surface area contributed by atoms with Gasteiger partial charge in [0.25, 0.3) is 0 Å². The van der Waals surface area contributed by atoms with Gasteiger partial charge < -0.3 is 4.42 Å². The van der Waals surface area contributed by atoms with E-state index in [1.807, 2.05) is 20.8 Å². The van der Waals surface area contributed by atoms with Gasteiger partial charge >= 0.3 is 0 Å². The van der Waals surface area contributed by atoms with Crippen molar-refractivity contribution >= 4 is 22.9 Å². The first kappa shape index (κ1) is 9.68. The molecule has 0 saturated heterocycles. The van der Waals surface area contributed by atoms with Crippen molar-refractivity contribution in [3.63, 3.8) is 0 Å². The molecule has 5 heteroatoms. The molecule has 0 spiro atoms. The predicted molar refractivity (Wildman–Crippen MR) is 56.8 cm³/mol. The SMILES string of the molecule is Cc1oc(C)c(-c2nnc(Cl)s2)c1C. The number of aromatic nitrogens is 2. The largest absolute Gasteiger partial charge is 0.466 e. The fourth-order valence-electron chi connectivity index (χ4n) is 1.41. The number of halogens is 1. The zero-order valence-electron chi connectivity index (χ0n) is 8.09. The molecule has 2 rings (SSSR count). The van der Waals surface area contributed by atoms with Crippen LogP contribution in [0.3, 0.4) is 0 Å². The lowest BCUT2D eigenvalue weighted by atomic mass is 10.1. The van der Waals surface area contributed by atoms with Crippen molar-refractivity contribution in [2.24, 2.45) is 0 Å². The van der Waals surface area contributed by atoms with E-state index >= 15 is 0 Å². The predicted octanol–water partition coefficient (Wildman–Crippen LogP) is 3.38. The van der Waals surface area contributed by atoms with Crippen LogP contribution in [-0.4, -0.2) is 10.2 Å². The third-order valence-electron chi connectivity index (χ3n) is 2.18. The standard InChI is InChI=1S/C9H9ClN2OS/c1-4-5(2)13-6(3)7(4)8-11-12-9(10)14-8/h1-3H3. The summed E-state index contributed by atoms with van der Waals surface area (Å²) in [7, 11) is 0. The van der Waals surface area contributed by atoms with Crippen molar-refractivity contribution in [2.45, 2.75) is 20.8 Å². The zero-order chi connectivity index (χ0) is 10.3. The van der Waals surface area contributed by atoms with E-state index in [1.54, 1.807) is 0 Å². The summed E-state index contributed by atoms with van der Waals surface area (Å²) in [5.41, 5.74) is 2.13. The summed E-state index contributed by atoms with van der Waals surface area (Å²) in [6, 6.07) is 0. The van der Waals surface area contributed by atoms with Crippen LogP contribution in [0.15, 0.2) is 4.42 Å². The summed E-state index contributed by atoms with van der Waals surface area (Å²) in [6.45, 7) is 5.87. The van der Waals surface area contributed by atoms with Gasteiger partial charge in [-0.2, -0.15) is 0 Å². The second kappa shape index (κ2) is 3.37. The monoisotopic (exact) mass is 228 g/mol. The number of rotatable bonds is 1. The van der Waals surface area contributed by atoms with E-state index in [2.05, 4.69) is 10.2 Å². The van der Waals surface area contributed by atoms with Crippen LogP contribution < -0.4 is 0 Å². The number of nitrogens with zero attached hydrogens (tertiary/aromatic N) is 2. The van der Waals surface area contributed by atoms with Gasteiger partial charge in [0.1, 0.15) is 11.5 Å². The smallest absolute Gasteiger partial charge is 0.207 e. The molecular formula is C9H9ClN2OS. The lowest BCUT2D eigenvalue weighted by molar-refractivity contribution is 0.503. The molecule has 3 nitrogen and oxygen atoms in total. The Morgan fingerprint density at radius 1 is 1.14 bits per heavy atom. The Morgan fingerprint density at radius 2 is 1.86 bits per heavy atom. The Labute approximate surface area is 90.7 Å². The summed E-state index contributed by atoms with van der Waals surface area (Å²) in [5.74, 6) is 1.79. The van der Waals surface area contributed by atoms with Crippen LogP contribution in [-0.2, 0) is 0 Å². The minimum absolute atomic E-state index is 0.456. The van der Waals surface area contributed by atoms with Gasteiger partial charge in [0.2, 0.25) is 4.47 Å². The highest BCUT2D eigenvalue weighted by atomic mass is 35.5. The Kier molecular flexibility index (Phi) is 2.33. The molecule has 0 atom stereocenters. The van der Waals surface area contributed by atoms with Crippen LogP contribution in [0, 0.1) is 20.8 Å². The van der Waals surface area contributed by atoms with Crippen molar-refractivity contribution in [1.82, 2.24) is 10.2 Å². The van der Waals surface area contributed by atoms with Crippen molar-refractivity contribution in [1.29, 1.82) is 0 Å². The highest BCUT2D eigenvalue weighted by molar-refractivity contribution is 7.18. The second-order valence-corrected chi connectivity index (χ2v) is 4.63. The lowest BCUT2D eigenvalue weighted by Crippen LogP contribution is -1.80. The Balaban J connectivity index is 2.61. The molecule has 0 aromatic carbocycles. The first-order chi connectivity index (χ1) is 6.59. The first-order valence-electron chi connectivity index (χ1n) is 4.15. The molecule has 2 heterocycles. The first-order valence-corrected chi connectivity index (χ1v) is 5.35. The third-order valence-corrected chi connectivity index (χ3v) is 3.21. The summed E-state index contributed by atoms with van der Waals surface area (Å²) in [4.78, 5) is 0. The maximum absolute atomic E-state index is 5.74. The quantitative estimate of drug-likeness (QED) is 0.751. The van der Waals surface area contributed by atoms with Crippen LogP contribution in [0.5, 0.6) is 0 Å². The van der Waals surface area contributed by atoms with Crippen molar-refractivity contribution < 1.29 is 4.42 Å². The molecule has 0 radical (unpaired) electrons. The fraction of sp³-hybridized carbons (Fsp3) is 0.333. The maximum Gasteiger partial charge on any atom is 0.207 e. The molecule has 0 aliphatic rings. The van der Waals surface area contributed by atoms with E-state index in [0.717, 1.165) is 27.7 Å². The van der Waals surface area contributed by atoms with Gasteiger partial charge in [-0.1, -0.05) is 11.3 Å². The van der Waals surface area contributed by atoms with Gasteiger partial charge in [-0.3, -0.25) is 0 Å². The van der Waals surface area contributed by atoms with E-state index < -0.39 is 0 Å². The van der Waals surface area contributed by atoms with Crippen LogP contribution in [0.4, 0.5) is 0 Å². The number of hydrogen-bond acceptors (Lipinski definition) is 4. The fourth-order valence-corrected chi connectivity index (χ4v) is 2.39. The summed E-state index contributed by atoms with van der Waals surface area (Å²) in [5, 5.41) is 8.60. The molecule has 0 unspecified atom stereocenters. The second-order valence-electron chi connectivity index (χ2n) is 3.07. The Hall–Kier alpha value is -0.870. The highest BCUT2D eigenvalue weighted by Gasteiger charge is 2.16. The molecular weight excluding hydrogens is 220 g/mol. The maximum atomic E-state index is 5.74. The Bertz CT molecular complexity index is 475. The molecule has 74 valence electrons. The van der Waals surface area contributed by atoms with Crippen LogP contribution >= 0.6 is 22.9 Å². The van der Waals surface area contributed by atoms with Crippen molar-refractivity contribution in [3.8, 4) is 10.6 Å². The molecule has 2 aromatic heterocycles. The minimum atomic E-state index is 0.456. The summed E-state index contributed by atoms with van der Waals surface area (Å²) < 4.78 is 5.96. The summed E-state index contributed by atoms with van der Waals surface area (Å²) in [6.07, 6.45) is 0. The summed E-state index contributed by atoms with van der Waals surface area (Å²) >= 11 is 7.10. The number of hydrogen-bond donors (Lipinski definition) is 0. The van der Waals surface area contributed by atoms with E-state index in [0.29, 0.717) is 4.47 Å². The van der Waals surface area contributed by atoms with E-state index in [1.165, 1.54) is 11.3 Å². The zero-order valence-corrected chi connectivity index (χ0v) is 9.66. The van der Waals surface area contributed by atoms with Gasteiger partial charge in [-0.25, -0.2) is 0 Å². The van der Waals surface area contributed by atoms with Crippen LogP contribution in [0.25, 0.3) is 10.6 Å². The molecule has 0 aliphatic carbocycles. The van der Waals surface area contributed by atoms with E-state index in [-0.39, 0.29) is 0 Å². The number of aryl methyl sites for hydroxylation is 2. The van der Waals surface area contributed by atoms with Gasteiger partial charge in [0.05, 0.1) is 5.56 Å². The third kappa shape index (κ3) is 1.44. The molecule has 2 aromatic rings. The average Bonchev–Trinajstić information content (AvgIpc) is 2.60. The molecule has 0 bridgehead atoms. The topological polar surface area (TPSA) is 38.9 Å². The normalized spacial score (nSPS) is 10.9. The van der Waals surface area contributed by atoms with Crippen LogP contribution in [0.1, 0.15) is 17.1 Å². The molecule has 14 heavy (non-hydrogen) atoms. The molecule has 0 fully saturated rings. The van der Waals surface area contributed by atoms with E-state index in [4.69, 9.17) is 16.0 Å². The highest BCUT2D eigenvalue weighted by Crippen LogP contribution is 2.34. The average molecular weight is 229 g/mol. The van der Waals surface area contributed by atoms with Gasteiger partial charge in [-0.15, -0.1) is 10.2 Å². The van der Waals surface area contributed by atoms with Crippen molar-refractivity contribution in [3.05, 3.63) is 21.6 Å². The van der Waals surface area contributed by atoms with Crippen LogP contribution in [0.2, 0.25) is 4.47 Å². The Morgan fingerprint density at radius 3 is 2.29 bits per heavy atom. The molecule has 0 N–H and O–H groups in total. The molecule has 0 amide bonds. The van der Waals surface area contributed by atoms with Gasteiger partial charge in [0, 0.05) is 5.56 Å². The van der Waals surface area contributed by atoms with Crippen molar-refractivity contribution in [2.75, 3.05) is 0 Å². The molecule has 0 aliphatic heterocycles. The van der Waals surface area contributed by atoms with E-state index in [9.17, 15) is 0 Å². The lowest BCUT2D eigenvalue weighted by Gasteiger charge is -1.92. The molecule has 0 saturated carbocycles. The van der Waals surface area contributed by atoms with Gasteiger partial charge in [0.15, 0.2) is 5.01 Å². The minimum Gasteiger partial charge on any atom is -0.466 e. The number of furan rings is 1.